The summed E-state index contributed by atoms with van der Waals surface area (Å²) in [6.45, 7) is 7.38. The second-order valence-corrected chi connectivity index (χ2v) is 5.99. The van der Waals surface area contributed by atoms with Crippen LogP contribution in [0.3, 0.4) is 0 Å². The smallest absolute Gasteiger partial charge is 0.407 e. The summed E-state index contributed by atoms with van der Waals surface area (Å²) in [5.74, 6) is 0.0857. The minimum Gasteiger partial charge on any atom is -0.450 e. The molecule has 1 saturated heterocycles. The first-order chi connectivity index (χ1) is 11.0. The van der Waals surface area contributed by atoms with Gasteiger partial charge in [0, 0.05) is 19.5 Å². The number of ether oxygens (including phenoxy) is 1. The molecule has 2 amide bonds. The van der Waals surface area contributed by atoms with Gasteiger partial charge in [0.1, 0.15) is 0 Å². The van der Waals surface area contributed by atoms with Crippen molar-refractivity contribution in [3.8, 4) is 0 Å². The largest absolute Gasteiger partial charge is 0.450 e. The summed E-state index contributed by atoms with van der Waals surface area (Å²) < 4.78 is 4.79. The van der Waals surface area contributed by atoms with Crippen molar-refractivity contribution in [3.05, 3.63) is 34.9 Å². The van der Waals surface area contributed by atoms with E-state index in [0.717, 1.165) is 19.4 Å². The zero-order valence-electron chi connectivity index (χ0n) is 14.2. The van der Waals surface area contributed by atoms with Gasteiger partial charge in [-0.15, -0.1) is 0 Å². The van der Waals surface area contributed by atoms with Crippen molar-refractivity contribution >= 4 is 12.0 Å². The van der Waals surface area contributed by atoms with Crippen LogP contribution in [0.4, 0.5) is 4.79 Å². The van der Waals surface area contributed by atoms with Gasteiger partial charge in [0.05, 0.1) is 12.6 Å². The number of carbonyl (C=O) groups excluding carboxylic acids is 2. The molecule has 0 bridgehead atoms. The van der Waals surface area contributed by atoms with Crippen LogP contribution >= 0.6 is 0 Å². The normalized spacial score (nSPS) is 17.2. The monoisotopic (exact) mass is 318 g/mol. The number of rotatable bonds is 5. The minimum absolute atomic E-state index is 0.0857. The average Bonchev–Trinajstić information content (AvgIpc) is 3.00. The fourth-order valence-corrected chi connectivity index (χ4v) is 2.98. The van der Waals surface area contributed by atoms with E-state index in [2.05, 4.69) is 37.4 Å². The zero-order chi connectivity index (χ0) is 16.8. The van der Waals surface area contributed by atoms with E-state index >= 15 is 0 Å². The van der Waals surface area contributed by atoms with Crippen molar-refractivity contribution in [2.75, 3.05) is 19.7 Å². The Labute approximate surface area is 138 Å². The molecule has 0 radical (unpaired) electrons. The van der Waals surface area contributed by atoms with E-state index in [-0.39, 0.29) is 11.9 Å². The molecule has 1 aliphatic rings. The molecule has 0 aliphatic carbocycles. The van der Waals surface area contributed by atoms with Crippen LogP contribution in [0.15, 0.2) is 18.2 Å². The van der Waals surface area contributed by atoms with Crippen molar-refractivity contribution in [3.63, 3.8) is 0 Å². The van der Waals surface area contributed by atoms with E-state index in [9.17, 15) is 9.59 Å². The number of nitrogens with zero attached hydrogens (tertiary/aromatic N) is 1. The molecule has 5 nitrogen and oxygen atoms in total. The third kappa shape index (κ3) is 4.47. The Balaban J connectivity index is 1.94. The van der Waals surface area contributed by atoms with E-state index in [1.54, 1.807) is 6.92 Å². The first-order valence-electron chi connectivity index (χ1n) is 8.30. The van der Waals surface area contributed by atoms with Gasteiger partial charge in [-0.3, -0.25) is 4.79 Å². The molecule has 1 aliphatic heterocycles. The van der Waals surface area contributed by atoms with Crippen LogP contribution in [0.25, 0.3) is 0 Å². The van der Waals surface area contributed by atoms with Crippen LogP contribution in [-0.2, 0) is 9.53 Å². The predicted molar refractivity (Wildman–Crippen MR) is 89.2 cm³/mol. The van der Waals surface area contributed by atoms with Crippen LogP contribution < -0.4 is 5.32 Å². The molecule has 2 rings (SSSR count). The Hall–Kier alpha value is -2.04. The molecular weight excluding hydrogens is 292 g/mol. The summed E-state index contributed by atoms with van der Waals surface area (Å²) in [6, 6.07) is 6.58. The molecule has 0 spiro atoms. The molecule has 1 aromatic rings. The Morgan fingerprint density at radius 1 is 1.30 bits per heavy atom. The van der Waals surface area contributed by atoms with Crippen LogP contribution in [0.2, 0.25) is 0 Å². The number of carbonyl (C=O) groups is 2. The van der Waals surface area contributed by atoms with Gasteiger partial charge in [0.15, 0.2) is 0 Å². The first-order valence-corrected chi connectivity index (χ1v) is 8.30. The summed E-state index contributed by atoms with van der Waals surface area (Å²) >= 11 is 0. The molecule has 0 unspecified atom stereocenters. The lowest BCUT2D eigenvalue weighted by molar-refractivity contribution is -0.132. The first kappa shape index (κ1) is 17.3. The highest BCUT2D eigenvalue weighted by molar-refractivity contribution is 5.78. The molecule has 23 heavy (non-hydrogen) atoms. The fourth-order valence-electron chi connectivity index (χ4n) is 2.98. The maximum absolute atomic E-state index is 12.5. The maximum Gasteiger partial charge on any atom is 0.407 e. The molecule has 1 heterocycles. The zero-order valence-corrected chi connectivity index (χ0v) is 14.2. The molecule has 5 heteroatoms. The van der Waals surface area contributed by atoms with Gasteiger partial charge in [-0.2, -0.15) is 0 Å². The third-order valence-corrected chi connectivity index (χ3v) is 4.37. The summed E-state index contributed by atoms with van der Waals surface area (Å²) in [7, 11) is 0. The van der Waals surface area contributed by atoms with Crippen LogP contribution in [0, 0.1) is 13.8 Å². The van der Waals surface area contributed by atoms with Gasteiger partial charge in [-0.05, 0) is 50.3 Å². The number of hydrogen-bond donors (Lipinski definition) is 1. The Bertz CT molecular complexity index is 571. The van der Waals surface area contributed by atoms with Crippen LogP contribution in [0.5, 0.6) is 0 Å². The number of hydrogen-bond acceptors (Lipinski definition) is 3. The molecule has 126 valence electrons. The standard InChI is InChI=1S/C18H26N2O3/c1-4-23-18(22)19-10-9-17(21)20-11-5-6-16(20)15-8-7-13(2)14(3)12-15/h7-8,12,16H,4-6,9-11H2,1-3H3,(H,19,22)/t16-/m0/s1. The Kier molecular flexibility index (Phi) is 6.02. The number of alkyl carbamates (subject to hydrolysis) is 1. The van der Waals surface area contributed by atoms with Gasteiger partial charge in [0.2, 0.25) is 5.91 Å². The summed E-state index contributed by atoms with van der Waals surface area (Å²) in [5, 5.41) is 2.60. The highest BCUT2D eigenvalue weighted by atomic mass is 16.5. The van der Waals surface area contributed by atoms with Gasteiger partial charge >= 0.3 is 6.09 Å². The van der Waals surface area contributed by atoms with Crippen molar-refractivity contribution in [2.45, 2.75) is 46.1 Å². The van der Waals surface area contributed by atoms with Crippen molar-refractivity contribution < 1.29 is 14.3 Å². The molecule has 0 aromatic heterocycles. The quantitative estimate of drug-likeness (QED) is 0.907. The summed E-state index contributed by atoms with van der Waals surface area (Å²) in [6.07, 6.45) is 1.86. The molecule has 1 fully saturated rings. The van der Waals surface area contributed by atoms with Crippen molar-refractivity contribution in [1.82, 2.24) is 10.2 Å². The lowest BCUT2D eigenvalue weighted by atomic mass is 9.99. The second-order valence-electron chi connectivity index (χ2n) is 5.99. The minimum atomic E-state index is -0.465. The topological polar surface area (TPSA) is 58.6 Å². The Morgan fingerprint density at radius 3 is 2.78 bits per heavy atom. The SMILES string of the molecule is CCOC(=O)NCCC(=O)N1CCC[C@H]1c1ccc(C)c(C)c1. The van der Waals surface area contributed by atoms with Crippen LogP contribution in [0.1, 0.15) is 48.9 Å². The van der Waals surface area contributed by atoms with Crippen molar-refractivity contribution in [2.24, 2.45) is 0 Å². The van der Waals surface area contributed by atoms with E-state index in [1.165, 1.54) is 16.7 Å². The molecular formula is C18H26N2O3. The highest BCUT2D eigenvalue weighted by Gasteiger charge is 2.29. The van der Waals surface area contributed by atoms with Gasteiger partial charge in [-0.25, -0.2) is 4.79 Å². The van der Waals surface area contributed by atoms with Gasteiger partial charge < -0.3 is 15.0 Å². The van der Waals surface area contributed by atoms with E-state index < -0.39 is 6.09 Å². The molecule has 0 saturated carbocycles. The average molecular weight is 318 g/mol. The lowest BCUT2D eigenvalue weighted by Crippen LogP contribution is -2.34. The maximum atomic E-state index is 12.5. The van der Waals surface area contributed by atoms with Crippen molar-refractivity contribution in [1.29, 1.82) is 0 Å². The Morgan fingerprint density at radius 2 is 2.09 bits per heavy atom. The third-order valence-electron chi connectivity index (χ3n) is 4.37. The summed E-state index contributed by atoms with van der Waals surface area (Å²) in [5.41, 5.74) is 3.73. The summed E-state index contributed by atoms with van der Waals surface area (Å²) in [4.78, 5) is 25.6. The predicted octanol–water partition coefficient (Wildman–Crippen LogP) is 3.10. The number of benzene rings is 1. The van der Waals surface area contributed by atoms with E-state index in [4.69, 9.17) is 4.74 Å². The van der Waals surface area contributed by atoms with E-state index in [1.807, 2.05) is 4.90 Å². The lowest BCUT2D eigenvalue weighted by Gasteiger charge is -2.25. The number of likely N-dealkylation sites (tertiary alicyclic amines) is 1. The fraction of sp³-hybridized carbons (Fsp3) is 0.556. The number of aryl methyl sites for hydroxylation is 2. The molecule has 1 atom stereocenters. The molecule has 1 aromatic carbocycles. The second kappa shape index (κ2) is 7.99. The van der Waals surface area contributed by atoms with Gasteiger partial charge in [-0.1, -0.05) is 18.2 Å². The highest BCUT2D eigenvalue weighted by Crippen LogP contribution is 2.33. The number of amides is 2. The van der Waals surface area contributed by atoms with Crippen LogP contribution in [-0.4, -0.2) is 36.6 Å². The van der Waals surface area contributed by atoms with E-state index in [0.29, 0.717) is 19.6 Å². The number of nitrogens with one attached hydrogen (secondary N) is 1. The molecule has 1 N–H and O–H groups in total. The van der Waals surface area contributed by atoms with Gasteiger partial charge in [0.25, 0.3) is 0 Å².